The predicted octanol–water partition coefficient (Wildman–Crippen LogP) is 2.53. The van der Waals surface area contributed by atoms with Gasteiger partial charge in [0.15, 0.2) is 0 Å². The van der Waals surface area contributed by atoms with Crippen molar-refractivity contribution in [2.24, 2.45) is 11.8 Å². The molecule has 0 aromatic rings. The first kappa shape index (κ1) is 18.3. The molecular weight excluding hydrogens is 284 g/mol. The number of carbonyl (C=O) groups excluding carboxylic acids is 2. The molecule has 1 heterocycles. The average Bonchev–Trinajstić information content (AvgIpc) is 2.48. The van der Waals surface area contributed by atoms with Gasteiger partial charge in [-0.1, -0.05) is 40.5 Å². The quantitative estimate of drug-likeness (QED) is 0.700. The zero-order chi connectivity index (χ0) is 16.0. The minimum absolute atomic E-state index is 0.0263. The normalized spacial score (nSPS) is 25.7. The minimum Gasteiger partial charge on any atom is -0.342 e. The second-order valence-electron chi connectivity index (χ2n) is 6.08. The van der Waals surface area contributed by atoms with Crippen molar-refractivity contribution < 1.29 is 9.59 Å². The number of piperazine rings is 1. The number of carbonyl (C=O) groups is 2. The first-order valence-electron chi connectivity index (χ1n) is 8.07. The highest BCUT2D eigenvalue weighted by Gasteiger charge is 2.43. The fourth-order valence-electron chi connectivity index (χ4n) is 2.80. The smallest absolute Gasteiger partial charge is 0.246 e. The van der Waals surface area contributed by atoms with Crippen LogP contribution in [0, 0.1) is 11.8 Å². The summed E-state index contributed by atoms with van der Waals surface area (Å²) in [4.78, 5) is 27.2. The lowest BCUT2D eigenvalue weighted by Crippen LogP contribution is -2.66. The predicted molar refractivity (Wildman–Crippen MR) is 89.3 cm³/mol. The molecular formula is C16H30N2O2S. The maximum atomic E-state index is 12.8. The van der Waals surface area contributed by atoms with Crippen molar-refractivity contribution in [2.45, 2.75) is 59.0 Å². The van der Waals surface area contributed by atoms with Crippen LogP contribution in [0.3, 0.4) is 0 Å². The van der Waals surface area contributed by atoms with Gasteiger partial charge >= 0.3 is 0 Å². The molecule has 0 saturated carbocycles. The maximum absolute atomic E-state index is 12.8. The van der Waals surface area contributed by atoms with Gasteiger partial charge in [-0.15, -0.1) is 0 Å². The van der Waals surface area contributed by atoms with Gasteiger partial charge in [-0.05, 0) is 30.3 Å². The Hall–Kier alpha value is -0.710. The summed E-state index contributed by atoms with van der Waals surface area (Å²) in [6.07, 6.45) is 4.81. The molecule has 5 heteroatoms. The standard InChI is InChI=1S/C16H30N2O2S/c1-6-11(3)13-16(20)18(9-8-10-21-5)14(12(4)7-2)15(19)17-13/h11-14H,6-10H2,1-5H3,(H,17,19). The first-order valence-corrected chi connectivity index (χ1v) is 9.47. The van der Waals surface area contributed by atoms with Crippen LogP contribution < -0.4 is 5.32 Å². The van der Waals surface area contributed by atoms with Crippen LogP contribution in [-0.4, -0.2) is 47.4 Å². The number of amides is 2. The van der Waals surface area contributed by atoms with Crippen LogP contribution in [-0.2, 0) is 9.59 Å². The third-order valence-electron chi connectivity index (χ3n) is 4.59. The zero-order valence-corrected chi connectivity index (χ0v) is 14.8. The number of thioether (sulfide) groups is 1. The van der Waals surface area contributed by atoms with Crippen LogP contribution in [0.25, 0.3) is 0 Å². The summed E-state index contributed by atoms with van der Waals surface area (Å²) in [5.41, 5.74) is 0. The van der Waals surface area contributed by atoms with Gasteiger partial charge < -0.3 is 10.2 Å². The van der Waals surface area contributed by atoms with Gasteiger partial charge in [0.1, 0.15) is 12.1 Å². The highest BCUT2D eigenvalue weighted by atomic mass is 32.2. The topological polar surface area (TPSA) is 49.4 Å². The Morgan fingerprint density at radius 3 is 2.33 bits per heavy atom. The van der Waals surface area contributed by atoms with Gasteiger partial charge in [0.25, 0.3) is 0 Å². The van der Waals surface area contributed by atoms with E-state index in [0.717, 1.165) is 25.0 Å². The molecule has 122 valence electrons. The lowest BCUT2D eigenvalue weighted by Gasteiger charge is -2.43. The van der Waals surface area contributed by atoms with Crippen molar-refractivity contribution in [3.63, 3.8) is 0 Å². The molecule has 1 fully saturated rings. The van der Waals surface area contributed by atoms with Crippen LogP contribution in [0.15, 0.2) is 0 Å². The van der Waals surface area contributed by atoms with Crippen molar-refractivity contribution >= 4 is 23.6 Å². The Morgan fingerprint density at radius 2 is 1.81 bits per heavy atom. The van der Waals surface area contributed by atoms with E-state index in [2.05, 4.69) is 32.3 Å². The van der Waals surface area contributed by atoms with Crippen LogP contribution in [0.4, 0.5) is 0 Å². The number of hydrogen-bond acceptors (Lipinski definition) is 3. The summed E-state index contributed by atoms with van der Waals surface area (Å²) in [5, 5.41) is 2.97. The van der Waals surface area contributed by atoms with Crippen LogP contribution in [0.1, 0.15) is 47.0 Å². The number of nitrogens with one attached hydrogen (secondary N) is 1. The monoisotopic (exact) mass is 314 g/mol. The lowest BCUT2D eigenvalue weighted by molar-refractivity contribution is -0.153. The van der Waals surface area contributed by atoms with Crippen molar-refractivity contribution in [2.75, 3.05) is 18.6 Å². The molecule has 4 nitrogen and oxygen atoms in total. The second-order valence-corrected chi connectivity index (χ2v) is 7.07. The summed E-state index contributed by atoms with van der Waals surface area (Å²) in [6, 6.07) is -0.651. The van der Waals surface area contributed by atoms with Crippen molar-refractivity contribution in [1.82, 2.24) is 10.2 Å². The number of nitrogens with zero attached hydrogens (tertiary/aromatic N) is 1. The van der Waals surface area contributed by atoms with Gasteiger partial charge in [0.2, 0.25) is 11.8 Å². The lowest BCUT2D eigenvalue weighted by atomic mass is 9.89. The highest BCUT2D eigenvalue weighted by Crippen LogP contribution is 2.24. The van der Waals surface area contributed by atoms with Gasteiger partial charge in [-0.3, -0.25) is 9.59 Å². The van der Waals surface area contributed by atoms with E-state index in [1.807, 2.05) is 11.8 Å². The van der Waals surface area contributed by atoms with Crippen molar-refractivity contribution in [3.05, 3.63) is 0 Å². The van der Waals surface area contributed by atoms with E-state index < -0.39 is 0 Å². The molecule has 2 amide bonds. The molecule has 4 unspecified atom stereocenters. The van der Waals surface area contributed by atoms with Crippen molar-refractivity contribution in [3.8, 4) is 0 Å². The van der Waals surface area contributed by atoms with E-state index in [1.165, 1.54) is 0 Å². The summed E-state index contributed by atoms with van der Waals surface area (Å²) >= 11 is 1.78. The van der Waals surface area contributed by atoms with E-state index in [-0.39, 0.29) is 35.7 Å². The summed E-state index contributed by atoms with van der Waals surface area (Å²) in [7, 11) is 0. The molecule has 21 heavy (non-hydrogen) atoms. The molecule has 0 radical (unpaired) electrons. The third kappa shape index (κ3) is 4.38. The van der Waals surface area contributed by atoms with E-state index in [0.29, 0.717) is 6.54 Å². The van der Waals surface area contributed by atoms with Gasteiger partial charge in [-0.25, -0.2) is 0 Å². The third-order valence-corrected chi connectivity index (χ3v) is 5.29. The van der Waals surface area contributed by atoms with E-state index in [4.69, 9.17) is 0 Å². The van der Waals surface area contributed by atoms with Crippen LogP contribution in [0.2, 0.25) is 0 Å². The Morgan fingerprint density at radius 1 is 1.19 bits per heavy atom. The van der Waals surface area contributed by atoms with E-state index in [9.17, 15) is 9.59 Å². The molecule has 1 aliphatic rings. The SMILES string of the molecule is CCC(C)C1NC(=O)C(C(C)CC)N(CCCSC)C1=O. The van der Waals surface area contributed by atoms with Crippen LogP contribution >= 0.6 is 11.8 Å². The van der Waals surface area contributed by atoms with E-state index in [1.54, 1.807) is 11.8 Å². The maximum Gasteiger partial charge on any atom is 0.246 e. The highest BCUT2D eigenvalue weighted by molar-refractivity contribution is 7.98. The molecule has 1 N–H and O–H groups in total. The van der Waals surface area contributed by atoms with Gasteiger partial charge in [0, 0.05) is 6.54 Å². The first-order chi connectivity index (χ1) is 9.97. The molecule has 0 spiro atoms. The zero-order valence-electron chi connectivity index (χ0n) is 14.0. The Bertz CT molecular complexity index is 362. The van der Waals surface area contributed by atoms with E-state index >= 15 is 0 Å². The largest absolute Gasteiger partial charge is 0.342 e. The summed E-state index contributed by atoms with van der Waals surface area (Å²) < 4.78 is 0. The fraction of sp³-hybridized carbons (Fsp3) is 0.875. The summed E-state index contributed by atoms with van der Waals surface area (Å²) in [5.74, 6) is 1.53. The Labute approximate surface area is 133 Å². The fourth-order valence-corrected chi connectivity index (χ4v) is 3.21. The molecule has 1 rings (SSSR count). The molecule has 1 aliphatic heterocycles. The molecule has 1 saturated heterocycles. The molecule has 0 aliphatic carbocycles. The molecule has 0 aromatic carbocycles. The Kier molecular flexibility index (Phi) is 7.57. The average molecular weight is 314 g/mol. The minimum atomic E-state index is -0.350. The molecule has 4 atom stereocenters. The number of hydrogen-bond donors (Lipinski definition) is 1. The summed E-state index contributed by atoms with van der Waals surface area (Å²) in [6.45, 7) is 8.91. The molecule has 0 bridgehead atoms. The second kappa shape index (κ2) is 8.66. The van der Waals surface area contributed by atoms with Crippen LogP contribution in [0.5, 0.6) is 0 Å². The number of rotatable bonds is 8. The molecule has 0 aromatic heterocycles. The Balaban J connectivity index is 2.93. The van der Waals surface area contributed by atoms with Crippen molar-refractivity contribution in [1.29, 1.82) is 0 Å². The van der Waals surface area contributed by atoms with Gasteiger partial charge in [-0.2, -0.15) is 11.8 Å². The van der Waals surface area contributed by atoms with Gasteiger partial charge in [0.05, 0.1) is 0 Å².